The summed E-state index contributed by atoms with van der Waals surface area (Å²) < 4.78 is 11.3. The molecule has 0 aromatic heterocycles. The Hall–Kier alpha value is -0.810. The van der Waals surface area contributed by atoms with E-state index in [9.17, 15) is 4.79 Å². The Morgan fingerprint density at radius 3 is 2.84 bits per heavy atom. The van der Waals surface area contributed by atoms with E-state index >= 15 is 0 Å². The smallest absolute Gasteiger partial charge is 0.317 e. The number of hydrogen-bond donors (Lipinski definition) is 1. The summed E-state index contributed by atoms with van der Waals surface area (Å²) in [6.07, 6.45) is 4.29. The summed E-state index contributed by atoms with van der Waals surface area (Å²) >= 11 is 0. The second kappa shape index (κ2) is 7.10. The number of urea groups is 1. The molecule has 0 aromatic carbocycles. The van der Waals surface area contributed by atoms with E-state index < -0.39 is 0 Å². The van der Waals surface area contributed by atoms with Crippen molar-refractivity contribution in [1.82, 2.24) is 10.2 Å². The highest BCUT2D eigenvalue weighted by Gasteiger charge is 2.28. The van der Waals surface area contributed by atoms with Crippen LogP contribution >= 0.6 is 0 Å². The zero-order chi connectivity index (χ0) is 13.7. The number of rotatable bonds is 3. The predicted molar refractivity (Wildman–Crippen MR) is 73.2 cm³/mol. The predicted octanol–water partition coefficient (Wildman–Crippen LogP) is 1.76. The van der Waals surface area contributed by atoms with Crippen LogP contribution in [-0.4, -0.2) is 55.5 Å². The first kappa shape index (κ1) is 14.6. The average molecular weight is 270 g/mol. The zero-order valence-corrected chi connectivity index (χ0v) is 12.1. The number of nitrogens with one attached hydrogen (secondary N) is 1. The summed E-state index contributed by atoms with van der Waals surface area (Å²) in [7, 11) is 0. The van der Waals surface area contributed by atoms with Crippen LogP contribution in [0.1, 0.15) is 39.5 Å². The number of amides is 2. The molecular weight excluding hydrogens is 244 g/mol. The molecule has 2 rings (SSSR count). The van der Waals surface area contributed by atoms with E-state index in [0.29, 0.717) is 6.54 Å². The van der Waals surface area contributed by atoms with Crippen molar-refractivity contribution in [2.75, 3.05) is 26.3 Å². The Balaban J connectivity index is 1.87. The van der Waals surface area contributed by atoms with Crippen molar-refractivity contribution in [3.05, 3.63) is 0 Å². The van der Waals surface area contributed by atoms with Gasteiger partial charge in [-0.25, -0.2) is 4.79 Å². The molecule has 19 heavy (non-hydrogen) atoms. The van der Waals surface area contributed by atoms with Crippen molar-refractivity contribution in [1.29, 1.82) is 0 Å². The van der Waals surface area contributed by atoms with Gasteiger partial charge in [-0.3, -0.25) is 0 Å². The molecule has 3 unspecified atom stereocenters. The van der Waals surface area contributed by atoms with E-state index in [0.717, 1.165) is 45.4 Å². The number of carbonyl (C=O) groups excluding carboxylic acids is 1. The van der Waals surface area contributed by atoms with Crippen LogP contribution in [0, 0.1) is 0 Å². The average Bonchev–Trinajstić information content (AvgIpc) is 2.84. The van der Waals surface area contributed by atoms with Gasteiger partial charge in [0.05, 0.1) is 18.2 Å². The summed E-state index contributed by atoms with van der Waals surface area (Å²) in [4.78, 5) is 14.2. The lowest BCUT2D eigenvalue weighted by Gasteiger charge is -2.28. The molecule has 2 saturated heterocycles. The van der Waals surface area contributed by atoms with Gasteiger partial charge in [0.15, 0.2) is 0 Å². The third kappa shape index (κ3) is 4.08. The molecule has 2 fully saturated rings. The molecule has 110 valence electrons. The van der Waals surface area contributed by atoms with Gasteiger partial charge >= 0.3 is 6.03 Å². The van der Waals surface area contributed by atoms with Gasteiger partial charge in [-0.15, -0.1) is 0 Å². The summed E-state index contributed by atoms with van der Waals surface area (Å²) in [5, 5.41) is 3.13. The molecule has 2 amide bonds. The molecule has 5 heteroatoms. The van der Waals surface area contributed by atoms with Crippen LogP contribution in [0.15, 0.2) is 0 Å². The fourth-order valence-corrected chi connectivity index (χ4v) is 2.81. The van der Waals surface area contributed by atoms with Crippen LogP contribution in [0.4, 0.5) is 4.79 Å². The molecule has 2 aliphatic heterocycles. The fourth-order valence-electron chi connectivity index (χ4n) is 2.81. The van der Waals surface area contributed by atoms with Gasteiger partial charge in [0.25, 0.3) is 0 Å². The van der Waals surface area contributed by atoms with Gasteiger partial charge in [0, 0.05) is 26.3 Å². The third-order valence-electron chi connectivity index (χ3n) is 3.90. The first-order chi connectivity index (χ1) is 9.20. The van der Waals surface area contributed by atoms with Crippen LogP contribution in [0.2, 0.25) is 0 Å². The molecular formula is C14H26N2O3. The van der Waals surface area contributed by atoms with Crippen LogP contribution in [0.5, 0.6) is 0 Å². The molecule has 0 spiro atoms. The quantitative estimate of drug-likeness (QED) is 0.850. The molecule has 1 N–H and O–H groups in total. The minimum atomic E-state index is 0.0275. The highest BCUT2D eigenvalue weighted by Crippen LogP contribution is 2.18. The van der Waals surface area contributed by atoms with E-state index in [-0.39, 0.29) is 24.3 Å². The highest BCUT2D eigenvalue weighted by molar-refractivity contribution is 5.74. The number of carbonyl (C=O) groups is 1. The van der Waals surface area contributed by atoms with E-state index in [1.54, 1.807) is 0 Å². The van der Waals surface area contributed by atoms with Crippen molar-refractivity contribution in [3.63, 3.8) is 0 Å². The lowest BCUT2D eigenvalue weighted by molar-refractivity contribution is 0.0661. The van der Waals surface area contributed by atoms with Crippen molar-refractivity contribution in [2.24, 2.45) is 0 Å². The van der Waals surface area contributed by atoms with E-state index in [4.69, 9.17) is 9.47 Å². The SMILES string of the molecule is CCC(NC(=O)N1CCCOC(C)C1)C1CCCO1. The largest absolute Gasteiger partial charge is 0.377 e. The molecule has 0 bridgehead atoms. The minimum absolute atomic E-state index is 0.0275. The number of nitrogens with zero attached hydrogens (tertiary/aromatic N) is 1. The number of hydrogen-bond acceptors (Lipinski definition) is 3. The summed E-state index contributed by atoms with van der Waals surface area (Å²) in [5.74, 6) is 0. The molecule has 2 aliphatic rings. The van der Waals surface area contributed by atoms with Crippen molar-refractivity contribution in [2.45, 2.75) is 57.8 Å². The molecule has 2 heterocycles. The van der Waals surface area contributed by atoms with E-state index in [2.05, 4.69) is 12.2 Å². The van der Waals surface area contributed by atoms with Crippen molar-refractivity contribution >= 4 is 6.03 Å². The first-order valence-electron chi connectivity index (χ1n) is 7.49. The van der Waals surface area contributed by atoms with Crippen LogP contribution < -0.4 is 5.32 Å². The van der Waals surface area contributed by atoms with Gasteiger partial charge in [0.1, 0.15) is 0 Å². The lowest BCUT2D eigenvalue weighted by atomic mass is 10.1. The fraction of sp³-hybridized carbons (Fsp3) is 0.929. The highest BCUT2D eigenvalue weighted by atomic mass is 16.5. The topological polar surface area (TPSA) is 50.8 Å². The molecule has 0 saturated carbocycles. The Kier molecular flexibility index (Phi) is 5.45. The van der Waals surface area contributed by atoms with Gasteiger partial charge < -0.3 is 19.7 Å². The van der Waals surface area contributed by atoms with Crippen LogP contribution in [-0.2, 0) is 9.47 Å². The Labute approximate surface area is 115 Å². The lowest BCUT2D eigenvalue weighted by Crippen LogP contribution is -2.50. The zero-order valence-electron chi connectivity index (χ0n) is 12.1. The standard InChI is InChI=1S/C14H26N2O3/c1-3-12(13-6-4-8-19-13)15-14(17)16-7-5-9-18-11(2)10-16/h11-13H,3-10H2,1-2H3,(H,15,17). The van der Waals surface area contributed by atoms with Crippen molar-refractivity contribution in [3.8, 4) is 0 Å². The van der Waals surface area contributed by atoms with E-state index in [1.807, 2.05) is 11.8 Å². The van der Waals surface area contributed by atoms with Gasteiger partial charge in [-0.1, -0.05) is 6.92 Å². The summed E-state index contributed by atoms with van der Waals surface area (Å²) in [6, 6.07) is 0.161. The molecule has 3 atom stereocenters. The Bertz CT molecular complexity index is 292. The van der Waals surface area contributed by atoms with Crippen LogP contribution in [0.3, 0.4) is 0 Å². The minimum Gasteiger partial charge on any atom is -0.377 e. The van der Waals surface area contributed by atoms with Crippen LogP contribution in [0.25, 0.3) is 0 Å². The second-order valence-electron chi connectivity index (χ2n) is 5.50. The van der Waals surface area contributed by atoms with Gasteiger partial charge in [0.2, 0.25) is 0 Å². The summed E-state index contributed by atoms with van der Waals surface area (Å²) in [6.45, 7) is 7.13. The molecule has 0 radical (unpaired) electrons. The van der Waals surface area contributed by atoms with Gasteiger partial charge in [-0.2, -0.15) is 0 Å². The third-order valence-corrected chi connectivity index (χ3v) is 3.90. The maximum Gasteiger partial charge on any atom is 0.317 e. The first-order valence-corrected chi connectivity index (χ1v) is 7.49. The van der Waals surface area contributed by atoms with Gasteiger partial charge in [-0.05, 0) is 32.6 Å². The normalized spacial score (nSPS) is 29.9. The maximum atomic E-state index is 12.3. The monoisotopic (exact) mass is 270 g/mol. The Morgan fingerprint density at radius 1 is 1.37 bits per heavy atom. The van der Waals surface area contributed by atoms with Crippen molar-refractivity contribution < 1.29 is 14.3 Å². The maximum absolute atomic E-state index is 12.3. The summed E-state index contributed by atoms with van der Waals surface area (Å²) in [5.41, 5.74) is 0. The molecule has 5 nitrogen and oxygen atoms in total. The van der Waals surface area contributed by atoms with E-state index in [1.165, 1.54) is 0 Å². The second-order valence-corrected chi connectivity index (χ2v) is 5.50. The Morgan fingerprint density at radius 2 is 2.16 bits per heavy atom. The molecule has 0 aromatic rings. The number of ether oxygens (including phenoxy) is 2. The molecule has 0 aliphatic carbocycles.